The van der Waals surface area contributed by atoms with Crippen LogP contribution < -0.4 is 10.6 Å². The molecule has 0 unspecified atom stereocenters. The van der Waals surface area contributed by atoms with Crippen LogP contribution in [0.2, 0.25) is 0 Å². The quantitative estimate of drug-likeness (QED) is 0.643. The number of esters is 1. The summed E-state index contributed by atoms with van der Waals surface area (Å²) in [4.78, 5) is 13.8. The van der Waals surface area contributed by atoms with Crippen LogP contribution in [0.15, 0.2) is 18.2 Å². The number of hydrogen-bond acceptors (Lipinski definition) is 4. The van der Waals surface area contributed by atoms with Crippen LogP contribution in [0.5, 0.6) is 0 Å². The Hall–Kier alpha value is -1.71. The molecule has 1 aromatic rings. The Morgan fingerprint density at radius 1 is 1.47 bits per heavy atom. The van der Waals surface area contributed by atoms with E-state index in [4.69, 9.17) is 10.5 Å². The lowest BCUT2D eigenvalue weighted by molar-refractivity contribution is 0.0527. The topological polar surface area (TPSA) is 55.6 Å². The third-order valence-electron chi connectivity index (χ3n) is 2.71. The van der Waals surface area contributed by atoms with Gasteiger partial charge in [0.2, 0.25) is 0 Å². The van der Waals surface area contributed by atoms with Gasteiger partial charge in [-0.25, -0.2) is 4.79 Å². The molecule has 0 bridgehead atoms. The molecule has 0 radical (unpaired) electrons. The van der Waals surface area contributed by atoms with Crippen molar-refractivity contribution in [2.24, 2.45) is 0 Å². The van der Waals surface area contributed by atoms with Crippen molar-refractivity contribution in [3.8, 4) is 0 Å². The number of ether oxygens (including phenoxy) is 1. The van der Waals surface area contributed by atoms with Gasteiger partial charge in [-0.05, 0) is 39.0 Å². The highest BCUT2D eigenvalue weighted by atomic mass is 16.5. The van der Waals surface area contributed by atoms with E-state index < -0.39 is 0 Å². The number of carbonyl (C=O) groups excluding carboxylic acids is 1. The minimum Gasteiger partial charge on any atom is -0.462 e. The van der Waals surface area contributed by atoms with Gasteiger partial charge in [-0.3, -0.25) is 0 Å². The molecule has 1 aromatic carbocycles. The Balaban J connectivity index is 3.06. The Bertz CT molecular complexity index is 402. The van der Waals surface area contributed by atoms with Gasteiger partial charge in [0.05, 0.1) is 12.2 Å². The predicted molar refractivity (Wildman–Crippen MR) is 70.3 cm³/mol. The average molecular weight is 236 g/mol. The summed E-state index contributed by atoms with van der Waals surface area (Å²) < 4.78 is 4.97. The summed E-state index contributed by atoms with van der Waals surface area (Å²) in [6.45, 7) is 6.29. The third kappa shape index (κ3) is 3.12. The van der Waals surface area contributed by atoms with Crippen LogP contribution in [0, 0.1) is 0 Å². The SMILES string of the molecule is CCOC(=O)c1cc(N(C)C(C)C)ccc1N. The Labute approximate surface area is 102 Å². The van der Waals surface area contributed by atoms with Crippen molar-refractivity contribution >= 4 is 17.3 Å². The first kappa shape index (κ1) is 13.4. The summed E-state index contributed by atoms with van der Waals surface area (Å²) in [7, 11) is 1.98. The zero-order valence-electron chi connectivity index (χ0n) is 10.9. The van der Waals surface area contributed by atoms with Crippen molar-refractivity contribution in [2.45, 2.75) is 26.8 Å². The molecule has 0 saturated carbocycles. The molecule has 0 aliphatic rings. The summed E-state index contributed by atoms with van der Waals surface area (Å²) in [6, 6.07) is 5.76. The monoisotopic (exact) mass is 236 g/mol. The molecule has 0 aliphatic carbocycles. The van der Waals surface area contributed by atoms with Gasteiger partial charge in [0, 0.05) is 24.5 Å². The number of nitrogens with zero attached hydrogens (tertiary/aromatic N) is 1. The van der Waals surface area contributed by atoms with Crippen LogP contribution >= 0.6 is 0 Å². The third-order valence-corrected chi connectivity index (χ3v) is 2.71. The van der Waals surface area contributed by atoms with Crippen LogP contribution in [-0.2, 0) is 4.74 Å². The average Bonchev–Trinajstić information content (AvgIpc) is 2.28. The molecule has 94 valence electrons. The molecule has 0 saturated heterocycles. The van der Waals surface area contributed by atoms with Gasteiger partial charge in [-0.15, -0.1) is 0 Å². The fraction of sp³-hybridized carbons (Fsp3) is 0.462. The molecule has 0 spiro atoms. The molecular formula is C13H20N2O2. The lowest BCUT2D eigenvalue weighted by Crippen LogP contribution is -2.26. The minimum absolute atomic E-state index is 0.350. The van der Waals surface area contributed by atoms with Gasteiger partial charge in [0.15, 0.2) is 0 Å². The summed E-state index contributed by atoms with van der Waals surface area (Å²) in [5.41, 5.74) is 7.61. The standard InChI is InChI=1S/C13H20N2O2/c1-5-17-13(16)11-8-10(6-7-12(11)14)15(4)9(2)3/h6-9H,5,14H2,1-4H3. The van der Waals surface area contributed by atoms with E-state index in [1.165, 1.54) is 0 Å². The lowest BCUT2D eigenvalue weighted by Gasteiger charge is -2.24. The van der Waals surface area contributed by atoms with Crippen LogP contribution in [0.4, 0.5) is 11.4 Å². The number of nitrogens with two attached hydrogens (primary N) is 1. The molecule has 0 aromatic heterocycles. The van der Waals surface area contributed by atoms with Gasteiger partial charge in [0.1, 0.15) is 0 Å². The first-order valence-corrected chi connectivity index (χ1v) is 5.76. The molecule has 4 nitrogen and oxygen atoms in total. The van der Waals surface area contributed by atoms with Gasteiger partial charge >= 0.3 is 5.97 Å². The van der Waals surface area contributed by atoms with E-state index in [0.717, 1.165) is 5.69 Å². The lowest BCUT2D eigenvalue weighted by atomic mass is 10.1. The largest absolute Gasteiger partial charge is 0.462 e. The van der Waals surface area contributed by atoms with Gasteiger partial charge in [0.25, 0.3) is 0 Å². The van der Waals surface area contributed by atoms with E-state index in [1.54, 1.807) is 19.1 Å². The number of nitrogen functional groups attached to an aromatic ring is 1. The molecule has 0 amide bonds. The maximum absolute atomic E-state index is 11.7. The second-order valence-corrected chi connectivity index (χ2v) is 4.20. The maximum Gasteiger partial charge on any atom is 0.340 e. The Kier molecular flexibility index (Phi) is 4.37. The van der Waals surface area contributed by atoms with E-state index in [2.05, 4.69) is 18.7 Å². The summed E-state index contributed by atoms with van der Waals surface area (Å²) in [5.74, 6) is -0.371. The summed E-state index contributed by atoms with van der Waals surface area (Å²) in [5, 5.41) is 0. The highest BCUT2D eigenvalue weighted by molar-refractivity contribution is 5.96. The van der Waals surface area contributed by atoms with Crippen molar-refractivity contribution in [1.82, 2.24) is 0 Å². The van der Waals surface area contributed by atoms with Crippen molar-refractivity contribution in [2.75, 3.05) is 24.3 Å². The van der Waals surface area contributed by atoms with E-state index in [0.29, 0.717) is 23.9 Å². The summed E-state index contributed by atoms with van der Waals surface area (Å²) in [6.07, 6.45) is 0. The number of carbonyl (C=O) groups is 1. The van der Waals surface area contributed by atoms with Crippen molar-refractivity contribution in [3.05, 3.63) is 23.8 Å². The molecule has 0 atom stereocenters. The van der Waals surface area contributed by atoms with Gasteiger partial charge in [-0.1, -0.05) is 0 Å². The number of anilines is 2. The molecule has 17 heavy (non-hydrogen) atoms. The summed E-state index contributed by atoms with van der Waals surface area (Å²) >= 11 is 0. The van der Waals surface area contributed by atoms with E-state index in [1.807, 2.05) is 13.1 Å². The van der Waals surface area contributed by atoms with Crippen LogP contribution in [0.25, 0.3) is 0 Å². The Morgan fingerprint density at radius 2 is 2.12 bits per heavy atom. The molecule has 4 heteroatoms. The fourth-order valence-electron chi connectivity index (χ4n) is 1.45. The second kappa shape index (κ2) is 5.57. The number of rotatable bonds is 4. The first-order valence-electron chi connectivity index (χ1n) is 5.76. The van der Waals surface area contributed by atoms with Crippen molar-refractivity contribution in [1.29, 1.82) is 0 Å². The maximum atomic E-state index is 11.7. The zero-order chi connectivity index (χ0) is 13.0. The van der Waals surface area contributed by atoms with Crippen LogP contribution in [0.1, 0.15) is 31.1 Å². The Morgan fingerprint density at radius 3 is 2.65 bits per heavy atom. The van der Waals surface area contributed by atoms with Gasteiger partial charge < -0.3 is 15.4 Å². The molecule has 0 fully saturated rings. The predicted octanol–water partition coefficient (Wildman–Crippen LogP) is 2.29. The number of hydrogen-bond donors (Lipinski definition) is 1. The molecule has 2 N–H and O–H groups in total. The highest BCUT2D eigenvalue weighted by Crippen LogP contribution is 2.22. The molecule has 0 heterocycles. The second-order valence-electron chi connectivity index (χ2n) is 4.20. The zero-order valence-corrected chi connectivity index (χ0v) is 10.9. The van der Waals surface area contributed by atoms with Gasteiger partial charge in [-0.2, -0.15) is 0 Å². The fourth-order valence-corrected chi connectivity index (χ4v) is 1.45. The van der Waals surface area contributed by atoms with E-state index >= 15 is 0 Å². The van der Waals surface area contributed by atoms with E-state index in [9.17, 15) is 4.79 Å². The van der Waals surface area contributed by atoms with Crippen LogP contribution in [0.3, 0.4) is 0 Å². The normalized spacial score (nSPS) is 10.4. The smallest absolute Gasteiger partial charge is 0.340 e. The van der Waals surface area contributed by atoms with E-state index in [-0.39, 0.29) is 5.97 Å². The molecule has 0 aliphatic heterocycles. The molecular weight excluding hydrogens is 216 g/mol. The van der Waals surface area contributed by atoms with Crippen LogP contribution in [-0.4, -0.2) is 25.7 Å². The van der Waals surface area contributed by atoms with Crippen molar-refractivity contribution < 1.29 is 9.53 Å². The van der Waals surface area contributed by atoms with Crippen molar-refractivity contribution in [3.63, 3.8) is 0 Å². The minimum atomic E-state index is -0.371. The highest BCUT2D eigenvalue weighted by Gasteiger charge is 2.13. The first-order chi connectivity index (χ1) is 7.97. The molecule has 1 rings (SSSR count). The number of benzene rings is 1.